The fourth-order valence-electron chi connectivity index (χ4n) is 2.60. The number of nitrogens with zero attached hydrogens (tertiary/aromatic N) is 1. The standard InChI is InChI=1S/C20H17NO2S3/c1-13-2-4-14(5-3-13)18-21-17(12-26-18)19(22)23-16-8-6-15(7-9-16)20-24-10-11-25-20/h2-9,12,20H,10-11H2,1H3. The molecule has 2 heterocycles. The first-order chi connectivity index (χ1) is 12.7. The maximum Gasteiger partial charge on any atom is 0.363 e. The number of rotatable bonds is 4. The van der Waals surface area contributed by atoms with Gasteiger partial charge >= 0.3 is 5.97 Å². The van der Waals surface area contributed by atoms with Gasteiger partial charge in [0.1, 0.15) is 10.8 Å². The number of aryl methyl sites for hydroxylation is 1. The SMILES string of the molecule is Cc1ccc(-c2nc(C(=O)Oc3ccc(C4SCCS4)cc3)cs2)cc1. The van der Waals surface area contributed by atoms with Crippen molar-refractivity contribution in [3.63, 3.8) is 0 Å². The number of thioether (sulfide) groups is 2. The zero-order valence-corrected chi connectivity index (χ0v) is 16.6. The minimum atomic E-state index is -0.419. The Morgan fingerprint density at radius 2 is 1.73 bits per heavy atom. The Bertz CT molecular complexity index is 898. The fourth-order valence-corrected chi connectivity index (χ4v) is 6.25. The van der Waals surface area contributed by atoms with Crippen LogP contribution >= 0.6 is 34.9 Å². The molecule has 1 saturated heterocycles. The van der Waals surface area contributed by atoms with Crippen LogP contribution < -0.4 is 4.74 Å². The normalized spacial score (nSPS) is 14.5. The Labute approximate surface area is 165 Å². The van der Waals surface area contributed by atoms with Crippen LogP contribution in [0.3, 0.4) is 0 Å². The van der Waals surface area contributed by atoms with Crippen LogP contribution in [-0.4, -0.2) is 22.5 Å². The molecule has 3 aromatic rings. The van der Waals surface area contributed by atoms with E-state index in [-0.39, 0.29) is 0 Å². The Balaban J connectivity index is 1.44. The summed E-state index contributed by atoms with van der Waals surface area (Å²) in [5.41, 5.74) is 3.82. The Morgan fingerprint density at radius 1 is 1.04 bits per heavy atom. The van der Waals surface area contributed by atoms with E-state index in [4.69, 9.17) is 4.74 Å². The van der Waals surface area contributed by atoms with Gasteiger partial charge < -0.3 is 4.74 Å². The topological polar surface area (TPSA) is 39.2 Å². The van der Waals surface area contributed by atoms with Gasteiger partial charge in [0, 0.05) is 22.4 Å². The number of carbonyl (C=O) groups is 1. The quantitative estimate of drug-likeness (QED) is 0.408. The van der Waals surface area contributed by atoms with E-state index in [1.54, 1.807) is 5.38 Å². The summed E-state index contributed by atoms with van der Waals surface area (Å²) in [5, 5.41) is 2.57. The predicted molar refractivity (Wildman–Crippen MR) is 111 cm³/mol. The zero-order chi connectivity index (χ0) is 17.9. The van der Waals surface area contributed by atoms with E-state index >= 15 is 0 Å². The van der Waals surface area contributed by atoms with Crippen LogP contribution in [0.4, 0.5) is 0 Å². The number of carbonyl (C=O) groups excluding carboxylic acids is 1. The second-order valence-corrected chi connectivity index (χ2v) is 9.52. The highest BCUT2D eigenvalue weighted by atomic mass is 32.2. The van der Waals surface area contributed by atoms with Gasteiger partial charge in [0.15, 0.2) is 5.69 Å². The van der Waals surface area contributed by atoms with Crippen molar-refractivity contribution in [2.45, 2.75) is 11.5 Å². The highest BCUT2D eigenvalue weighted by Crippen LogP contribution is 2.45. The summed E-state index contributed by atoms with van der Waals surface area (Å²) in [6, 6.07) is 15.9. The van der Waals surface area contributed by atoms with E-state index in [2.05, 4.69) is 4.98 Å². The summed E-state index contributed by atoms with van der Waals surface area (Å²) in [4.78, 5) is 16.8. The van der Waals surface area contributed by atoms with Gasteiger partial charge in [-0.3, -0.25) is 0 Å². The van der Waals surface area contributed by atoms with Crippen molar-refractivity contribution in [3.05, 3.63) is 70.7 Å². The van der Waals surface area contributed by atoms with Crippen LogP contribution in [0.15, 0.2) is 53.9 Å². The smallest absolute Gasteiger partial charge is 0.363 e. The number of aromatic nitrogens is 1. The number of thiazole rings is 1. The summed E-state index contributed by atoms with van der Waals surface area (Å²) in [6.07, 6.45) is 0. The number of benzene rings is 2. The first kappa shape index (κ1) is 17.6. The first-order valence-electron chi connectivity index (χ1n) is 8.27. The zero-order valence-electron chi connectivity index (χ0n) is 14.2. The second-order valence-electron chi connectivity index (χ2n) is 5.94. The van der Waals surface area contributed by atoms with Crippen LogP contribution in [0.5, 0.6) is 5.75 Å². The molecule has 0 amide bonds. The van der Waals surface area contributed by atoms with Crippen molar-refractivity contribution in [3.8, 4) is 16.3 Å². The molecule has 0 saturated carbocycles. The Hall–Kier alpha value is -1.76. The highest BCUT2D eigenvalue weighted by Gasteiger charge is 2.19. The Morgan fingerprint density at radius 3 is 2.42 bits per heavy atom. The average molecular weight is 400 g/mol. The lowest BCUT2D eigenvalue weighted by Crippen LogP contribution is -2.08. The van der Waals surface area contributed by atoms with Crippen molar-refractivity contribution in [1.82, 2.24) is 4.98 Å². The third-order valence-corrected chi connectivity index (χ3v) is 7.99. The molecule has 0 unspecified atom stereocenters. The second kappa shape index (κ2) is 7.86. The lowest BCUT2D eigenvalue weighted by atomic mass is 10.2. The molecule has 0 aliphatic carbocycles. The molecule has 0 spiro atoms. The lowest BCUT2D eigenvalue weighted by molar-refractivity contribution is 0.0729. The van der Waals surface area contributed by atoms with Gasteiger partial charge in [-0.25, -0.2) is 9.78 Å². The predicted octanol–water partition coefficient (Wildman–Crippen LogP) is 5.82. The molecule has 1 aliphatic rings. The van der Waals surface area contributed by atoms with E-state index in [0.29, 0.717) is 16.0 Å². The molecule has 0 bridgehead atoms. The first-order valence-corrected chi connectivity index (χ1v) is 11.2. The largest absolute Gasteiger partial charge is 0.422 e. The van der Waals surface area contributed by atoms with Crippen molar-refractivity contribution in [1.29, 1.82) is 0 Å². The highest BCUT2D eigenvalue weighted by molar-refractivity contribution is 8.19. The number of ether oxygens (including phenoxy) is 1. The van der Waals surface area contributed by atoms with E-state index in [1.807, 2.05) is 79.0 Å². The van der Waals surface area contributed by atoms with Crippen LogP contribution in [0.2, 0.25) is 0 Å². The third kappa shape index (κ3) is 3.98. The number of esters is 1. The van der Waals surface area contributed by atoms with Crippen molar-refractivity contribution < 1.29 is 9.53 Å². The van der Waals surface area contributed by atoms with E-state index in [0.717, 1.165) is 10.6 Å². The molecule has 1 aliphatic heterocycles. The van der Waals surface area contributed by atoms with Crippen molar-refractivity contribution in [2.75, 3.05) is 11.5 Å². The van der Waals surface area contributed by atoms with Crippen LogP contribution in [0.1, 0.15) is 26.2 Å². The maximum absolute atomic E-state index is 12.4. The summed E-state index contributed by atoms with van der Waals surface area (Å²) in [6.45, 7) is 2.05. The van der Waals surface area contributed by atoms with Crippen molar-refractivity contribution >= 4 is 40.8 Å². The molecule has 1 fully saturated rings. The average Bonchev–Trinajstić information content (AvgIpc) is 3.35. The number of hydrogen-bond donors (Lipinski definition) is 0. The van der Waals surface area contributed by atoms with Gasteiger partial charge in [0.25, 0.3) is 0 Å². The van der Waals surface area contributed by atoms with Gasteiger partial charge in [-0.05, 0) is 24.6 Å². The molecule has 3 nitrogen and oxygen atoms in total. The van der Waals surface area contributed by atoms with E-state index in [1.165, 1.54) is 34.0 Å². The van der Waals surface area contributed by atoms with Gasteiger partial charge in [0.05, 0.1) is 4.58 Å². The summed E-state index contributed by atoms with van der Waals surface area (Å²) < 4.78 is 5.97. The Kier molecular flexibility index (Phi) is 5.33. The molecule has 26 heavy (non-hydrogen) atoms. The van der Waals surface area contributed by atoms with Gasteiger partial charge in [-0.15, -0.1) is 34.9 Å². The molecule has 0 N–H and O–H groups in total. The summed E-state index contributed by atoms with van der Waals surface area (Å²) in [7, 11) is 0. The molecule has 0 radical (unpaired) electrons. The summed E-state index contributed by atoms with van der Waals surface area (Å²) >= 11 is 5.37. The van der Waals surface area contributed by atoms with Crippen LogP contribution in [-0.2, 0) is 0 Å². The van der Waals surface area contributed by atoms with Gasteiger partial charge in [0.2, 0.25) is 0 Å². The molecule has 6 heteroatoms. The third-order valence-electron chi connectivity index (χ3n) is 4.00. The maximum atomic E-state index is 12.4. The molecule has 0 atom stereocenters. The molecule has 2 aromatic carbocycles. The van der Waals surface area contributed by atoms with E-state index < -0.39 is 5.97 Å². The summed E-state index contributed by atoms with van der Waals surface area (Å²) in [5.74, 6) is 2.52. The lowest BCUT2D eigenvalue weighted by Gasteiger charge is -2.09. The van der Waals surface area contributed by atoms with Crippen LogP contribution in [0.25, 0.3) is 10.6 Å². The fraction of sp³-hybridized carbons (Fsp3) is 0.200. The molecular weight excluding hydrogens is 382 g/mol. The molecule has 1 aromatic heterocycles. The molecule has 132 valence electrons. The number of hydrogen-bond acceptors (Lipinski definition) is 6. The molecular formula is C20H17NO2S3. The van der Waals surface area contributed by atoms with Crippen molar-refractivity contribution in [2.24, 2.45) is 0 Å². The minimum absolute atomic E-state index is 0.344. The molecule has 4 rings (SSSR count). The van der Waals surface area contributed by atoms with E-state index in [9.17, 15) is 4.79 Å². The van der Waals surface area contributed by atoms with Crippen LogP contribution in [0, 0.1) is 6.92 Å². The van der Waals surface area contributed by atoms with Gasteiger partial charge in [-0.2, -0.15) is 0 Å². The minimum Gasteiger partial charge on any atom is -0.422 e. The van der Waals surface area contributed by atoms with Gasteiger partial charge in [-0.1, -0.05) is 42.0 Å². The monoisotopic (exact) mass is 399 g/mol.